The predicted molar refractivity (Wildman–Crippen MR) is 101 cm³/mol. The maximum absolute atomic E-state index is 13.0. The van der Waals surface area contributed by atoms with Crippen LogP contribution in [0.2, 0.25) is 10.0 Å². The van der Waals surface area contributed by atoms with Gasteiger partial charge in [-0.15, -0.1) is 0 Å². The van der Waals surface area contributed by atoms with Gasteiger partial charge in [-0.05, 0) is 44.2 Å². The smallest absolute Gasteiger partial charge is 0.264 e. The van der Waals surface area contributed by atoms with E-state index in [4.69, 9.17) is 23.2 Å². The number of carbonyl (C=O) groups excluding carboxylic acids is 1. The molecular weight excluding hydrogens is 383 g/mol. The molecule has 2 rings (SSSR count). The van der Waals surface area contributed by atoms with Gasteiger partial charge in [0.2, 0.25) is 5.91 Å². The zero-order valence-corrected chi connectivity index (χ0v) is 16.1. The third kappa shape index (κ3) is 4.87. The summed E-state index contributed by atoms with van der Waals surface area (Å²) in [5.74, 6) is -0.416. The number of rotatable bonds is 6. The summed E-state index contributed by atoms with van der Waals surface area (Å²) < 4.78 is 27.1. The molecule has 0 saturated carbocycles. The highest BCUT2D eigenvalue weighted by Gasteiger charge is 2.27. The van der Waals surface area contributed by atoms with Crippen molar-refractivity contribution in [2.24, 2.45) is 0 Å². The van der Waals surface area contributed by atoms with Crippen LogP contribution in [-0.4, -0.2) is 26.9 Å². The quantitative estimate of drug-likeness (QED) is 0.803. The Kier molecular flexibility index (Phi) is 6.32. The summed E-state index contributed by atoms with van der Waals surface area (Å²) in [5.41, 5.74) is 0.261. The van der Waals surface area contributed by atoms with Gasteiger partial charge < -0.3 is 5.32 Å². The Morgan fingerprint density at radius 2 is 1.72 bits per heavy atom. The van der Waals surface area contributed by atoms with Crippen LogP contribution in [0.25, 0.3) is 0 Å². The first kappa shape index (κ1) is 19.6. The molecule has 0 aliphatic heterocycles. The second kappa shape index (κ2) is 8.08. The number of halogens is 2. The third-order valence-corrected chi connectivity index (χ3v) is 5.79. The molecule has 0 heterocycles. The second-order valence-corrected chi connectivity index (χ2v) is 8.32. The Hall–Kier alpha value is -1.76. The molecule has 0 saturated heterocycles. The Balaban J connectivity index is 2.48. The van der Waals surface area contributed by atoms with E-state index in [-0.39, 0.29) is 28.2 Å². The van der Waals surface area contributed by atoms with Gasteiger partial charge in [0.05, 0.1) is 20.6 Å². The Bertz CT molecular complexity index is 855. The summed E-state index contributed by atoms with van der Waals surface area (Å²) >= 11 is 11.9. The molecule has 0 bridgehead atoms. The molecule has 1 N–H and O–H groups in total. The summed E-state index contributed by atoms with van der Waals surface area (Å²) in [4.78, 5) is 12.3. The fraction of sp³-hybridized carbons (Fsp3) is 0.235. The molecular formula is C17H18Cl2N2O3S. The molecule has 25 heavy (non-hydrogen) atoms. The molecule has 0 fully saturated rings. The Morgan fingerprint density at radius 3 is 2.28 bits per heavy atom. The Labute approximate surface area is 157 Å². The highest BCUT2D eigenvalue weighted by molar-refractivity contribution is 7.92. The number of hydrogen-bond donors (Lipinski definition) is 1. The maximum Gasteiger partial charge on any atom is 0.264 e. The van der Waals surface area contributed by atoms with Crippen LogP contribution >= 0.6 is 23.2 Å². The van der Waals surface area contributed by atoms with Crippen LogP contribution < -0.4 is 9.62 Å². The molecule has 1 amide bonds. The fourth-order valence-corrected chi connectivity index (χ4v) is 3.90. The van der Waals surface area contributed by atoms with Crippen molar-refractivity contribution in [1.82, 2.24) is 5.32 Å². The van der Waals surface area contributed by atoms with Crippen LogP contribution in [0, 0.1) is 0 Å². The molecule has 134 valence electrons. The monoisotopic (exact) mass is 400 g/mol. The molecule has 0 atom stereocenters. The van der Waals surface area contributed by atoms with Gasteiger partial charge in [-0.1, -0.05) is 41.4 Å². The van der Waals surface area contributed by atoms with Crippen molar-refractivity contribution in [2.75, 3.05) is 10.8 Å². The largest absolute Gasteiger partial charge is 0.352 e. The lowest BCUT2D eigenvalue weighted by atomic mass is 10.3. The average Bonchev–Trinajstić information content (AvgIpc) is 2.55. The SMILES string of the molecule is CC(C)NC(=O)CN(c1ccc(Cl)c(Cl)c1)S(=O)(=O)c1ccccc1. The van der Waals surface area contributed by atoms with Crippen LogP contribution in [0.5, 0.6) is 0 Å². The van der Waals surface area contributed by atoms with Crippen molar-refractivity contribution < 1.29 is 13.2 Å². The van der Waals surface area contributed by atoms with E-state index >= 15 is 0 Å². The van der Waals surface area contributed by atoms with Crippen LogP contribution in [0.15, 0.2) is 53.4 Å². The minimum absolute atomic E-state index is 0.0819. The summed E-state index contributed by atoms with van der Waals surface area (Å²) in [5, 5.41) is 3.19. The zero-order valence-electron chi connectivity index (χ0n) is 13.7. The van der Waals surface area contributed by atoms with Gasteiger partial charge in [-0.25, -0.2) is 8.42 Å². The molecule has 0 radical (unpaired) electrons. The third-order valence-electron chi connectivity index (χ3n) is 3.26. The molecule has 0 aliphatic rings. The molecule has 8 heteroatoms. The summed E-state index contributed by atoms with van der Waals surface area (Å²) in [6.45, 7) is 3.23. The Morgan fingerprint density at radius 1 is 1.08 bits per heavy atom. The van der Waals surface area contributed by atoms with Crippen LogP contribution in [0.4, 0.5) is 5.69 Å². The van der Waals surface area contributed by atoms with Gasteiger partial charge in [0.1, 0.15) is 6.54 Å². The van der Waals surface area contributed by atoms with Crippen LogP contribution in [0.1, 0.15) is 13.8 Å². The first-order valence-corrected chi connectivity index (χ1v) is 9.73. The van der Waals surface area contributed by atoms with E-state index in [0.717, 1.165) is 4.31 Å². The maximum atomic E-state index is 13.0. The van der Waals surface area contributed by atoms with E-state index in [1.54, 1.807) is 32.0 Å². The number of nitrogens with zero attached hydrogens (tertiary/aromatic N) is 1. The summed E-state index contributed by atoms with van der Waals surface area (Å²) in [6.07, 6.45) is 0. The lowest BCUT2D eigenvalue weighted by Crippen LogP contribution is -2.42. The lowest BCUT2D eigenvalue weighted by molar-refractivity contribution is -0.120. The predicted octanol–water partition coefficient (Wildman–Crippen LogP) is 3.71. The zero-order chi connectivity index (χ0) is 18.6. The molecule has 5 nitrogen and oxygen atoms in total. The van der Waals surface area contributed by atoms with Crippen LogP contribution in [0.3, 0.4) is 0 Å². The van der Waals surface area contributed by atoms with Crippen molar-refractivity contribution in [3.8, 4) is 0 Å². The van der Waals surface area contributed by atoms with Crippen molar-refractivity contribution in [1.29, 1.82) is 0 Å². The number of nitrogens with one attached hydrogen (secondary N) is 1. The van der Waals surface area contributed by atoms with Crippen molar-refractivity contribution >= 4 is 44.8 Å². The van der Waals surface area contributed by atoms with Gasteiger partial charge in [0, 0.05) is 6.04 Å². The normalized spacial score (nSPS) is 11.4. The highest BCUT2D eigenvalue weighted by atomic mass is 35.5. The minimum Gasteiger partial charge on any atom is -0.352 e. The number of sulfonamides is 1. The topological polar surface area (TPSA) is 66.5 Å². The number of carbonyl (C=O) groups is 1. The van der Waals surface area contributed by atoms with Crippen molar-refractivity contribution in [3.05, 3.63) is 58.6 Å². The average molecular weight is 401 g/mol. The molecule has 2 aromatic rings. The van der Waals surface area contributed by atoms with Gasteiger partial charge in [-0.3, -0.25) is 9.10 Å². The molecule has 0 aliphatic carbocycles. The van der Waals surface area contributed by atoms with Crippen molar-refractivity contribution in [2.45, 2.75) is 24.8 Å². The number of benzene rings is 2. The number of amides is 1. The van der Waals surface area contributed by atoms with Gasteiger partial charge in [0.15, 0.2) is 0 Å². The van der Waals surface area contributed by atoms with E-state index in [1.165, 1.54) is 30.3 Å². The van der Waals surface area contributed by atoms with E-state index in [0.29, 0.717) is 5.02 Å². The molecule has 0 unspecified atom stereocenters. The van der Waals surface area contributed by atoms with E-state index < -0.39 is 15.9 Å². The number of anilines is 1. The van der Waals surface area contributed by atoms with E-state index in [9.17, 15) is 13.2 Å². The fourth-order valence-electron chi connectivity index (χ4n) is 2.17. The van der Waals surface area contributed by atoms with Crippen molar-refractivity contribution in [3.63, 3.8) is 0 Å². The van der Waals surface area contributed by atoms with Crippen LogP contribution in [-0.2, 0) is 14.8 Å². The first-order valence-electron chi connectivity index (χ1n) is 7.54. The summed E-state index contributed by atoms with van der Waals surface area (Å²) in [7, 11) is -3.94. The minimum atomic E-state index is -3.94. The number of hydrogen-bond acceptors (Lipinski definition) is 3. The van der Waals surface area contributed by atoms with Gasteiger partial charge >= 0.3 is 0 Å². The first-order chi connectivity index (χ1) is 11.7. The van der Waals surface area contributed by atoms with E-state index in [1.807, 2.05) is 0 Å². The highest BCUT2D eigenvalue weighted by Crippen LogP contribution is 2.30. The molecule has 2 aromatic carbocycles. The lowest BCUT2D eigenvalue weighted by Gasteiger charge is -2.25. The van der Waals surface area contributed by atoms with Gasteiger partial charge in [-0.2, -0.15) is 0 Å². The van der Waals surface area contributed by atoms with Gasteiger partial charge in [0.25, 0.3) is 10.0 Å². The van der Waals surface area contributed by atoms with E-state index in [2.05, 4.69) is 5.32 Å². The molecule has 0 spiro atoms. The standard InChI is InChI=1S/C17H18Cl2N2O3S/c1-12(2)20-17(22)11-21(13-8-9-15(18)16(19)10-13)25(23,24)14-6-4-3-5-7-14/h3-10,12H,11H2,1-2H3,(H,20,22). The summed E-state index contributed by atoms with van der Waals surface area (Å²) in [6, 6.07) is 12.2. The molecule has 0 aromatic heterocycles. The second-order valence-electron chi connectivity index (χ2n) is 5.65.